The number of pyridine rings is 1. The van der Waals surface area contributed by atoms with E-state index in [1.165, 1.54) is 31.5 Å². The van der Waals surface area contributed by atoms with Crippen LogP contribution in [0.1, 0.15) is 22.5 Å². The van der Waals surface area contributed by atoms with Crippen molar-refractivity contribution in [3.8, 4) is 34.3 Å². The second-order valence-electron chi connectivity index (χ2n) is 9.45. The minimum absolute atomic E-state index is 0.0525. The number of nitrogens with zero attached hydrogens (tertiary/aromatic N) is 5. The van der Waals surface area contributed by atoms with E-state index in [9.17, 15) is 14.4 Å². The first kappa shape index (κ1) is 24.5. The summed E-state index contributed by atoms with van der Waals surface area (Å²) in [5, 5.41) is 16.1. The van der Waals surface area contributed by atoms with Crippen LogP contribution in [-0.4, -0.2) is 53.1 Å². The van der Waals surface area contributed by atoms with Crippen LogP contribution in [0.25, 0.3) is 22.5 Å². The van der Waals surface area contributed by atoms with E-state index in [1.54, 1.807) is 24.5 Å². The molecule has 39 heavy (non-hydrogen) atoms. The molecule has 1 amide bonds. The average molecular weight is 522 g/mol. The van der Waals surface area contributed by atoms with Crippen molar-refractivity contribution in [3.05, 3.63) is 84.2 Å². The zero-order valence-corrected chi connectivity index (χ0v) is 21.1. The lowest BCUT2D eigenvalue weighted by Crippen LogP contribution is -2.44. The molecule has 10 heteroatoms. The van der Waals surface area contributed by atoms with Gasteiger partial charge in [-0.1, -0.05) is 12.1 Å². The van der Waals surface area contributed by atoms with Crippen molar-refractivity contribution in [2.75, 3.05) is 30.4 Å². The number of carbonyl (C=O) groups excluding carboxylic acids is 1. The van der Waals surface area contributed by atoms with Gasteiger partial charge in [-0.05, 0) is 48.4 Å². The molecule has 2 aliphatic heterocycles. The number of carbonyl (C=O) groups is 1. The number of benzene rings is 2. The van der Waals surface area contributed by atoms with Gasteiger partial charge in [0.15, 0.2) is 5.82 Å². The summed E-state index contributed by atoms with van der Waals surface area (Å²) in [6.45, 7) is 1.66. The second kappa shape index (κ2) is 10.1. The molecule has 4 aromatic rings. The molecule has 2 aliphatic rings. The maximum absolute atomic E-state index is 14.6. The van der Waals surface area contributed by atoms with Crippen LogP contribution in [-0.2, 0) is 0 Å². The summed E-state index contributed by atoms with van der Waals surface area (Å²) < 4.78 is 19.9. The lowest BCUT2D eigenvalue weighted by molar-refractivity contribution is 0.102. The van der Waals surface area contributed by atoms with E-state index in [4.69, 9.17) is 4.74 Å². The molecule has 0 aliphatic carbocycles. The van der Waals surface area contributed by atoms with Crippen molar-refractivity contribution < 1.29 is 13.9 Å². The van der Waals surface area contributed by atoms with Crippen molar-refractivity contribution >= 4 is 17.3 Å². The highest BCUT2D eigenvalue weighted by atomic mass is 19.1. The van der Waals surface area contributed by atoms with Crippen molar-refractivity contribution in [1.82, 2.24) is 20.3 Å². The Morgan fingerprint density at radius 3 is 2.90 bits per heavy atom. The summed E-state index contributed by atoms with van der Waals surface area (Å²) >= 11 is 0. The highest BCUT2D eigenvalue weighted by Crippen LogP contribution is 2.38. The van der Waals surface area contributed by atoms with Crippen LogP contribution in [0.15, 0.2) is 67.1 Å². The van der Waals surface area contributed by atoms with E-state index in [0.29, 0.717) is 23.3 Å². The number of fused-ring (bicyclic) bond motifs is 2. The number of methoxy groups -OCH3 is 1. The van der Waals surface area contributed by atoms with Crippen molar-refractivity contribution in [1.29, 1.82) is 5.26 Å². The van der Waals surface area contributed by atoms with Crippen LogP contribution in [0.4, 0.5) is 15.8 Å². The fourth-order valence-corrected chi connectivity index (χ4v) is 5.30. The predicted molar refractivity (Wildman–Crippen MR) is 144 cm³/mol. The standard InChI is InChI=1S/C29H24FN7O2/c1-39-26-4-2-3-22(30)27(26)28-33-10-8-24(35-28)29(38)36-23-6-5-17(21-15-32-9-7-18(21)13-31)11-25(23)37-16-19-12-20(37)14-34-19/h2-11,15,19-20,34H,12,14,16H2,1H3,(H,36,38)/t19-,20-/m0/s1. The number of piperazine rings is 1. The maximum atomic E-state index is 14.6. The van der Waals surface area contributed by atoms with Gasteiger partial charge in [-0.25, -0.2) is 14.4 Å². The third-order valence-corrected chi connectivity index (χ3v) is 7.17. The minimum atomic E-state index is -0.547. The summed E-state index contributed by atoms with van der Waals surface area (Å²) in [6.07, 6.45) is 5.71. The molecule has 0 radical (unpaired) electrons. The van der Waals surface area contributed by atoms with Crippen molar-refractivity contribution in [3.63, 3.8) is 0 Å². The molecule has 194 valence electrons. The van der Waals surface area contributed by atoms with Gasteiger partial charge < -0.3 is 20.3 Å². The smallest absolute Gasteiger partial charge is 0.274 e. The summed E-state index contributed by atoms with van der Waals surface area (Å²) in [5.41, 5.74) is 3.72. The summed E-state index contributed by atoms with van der Waals surface area (Å²) in [5.74, 6) is -0.675. The third kappa shape index (κ3) is 4.53. The molecule has 2 atom stereocenters. The number of hydrogen-bond acceptors (Lipinski definition) is 8. The van der Waals surface area contributed by atoms with E-state index in [0.717, 1.165) is 36.3 Å². The van der Waals surface area contributed by atoms with Crippen LogP contribution in [0, 0.1) is 17.1 Å². The maximum Gasteiger partial charge on any atom is 0.274 e. The quantitative estimate of drug-likeness (QED) is 0.391. The van der Waals surface area contributed by atoms with Gasteiger partial charge in [0, 0.05) is 49.3 Å². The van der Waals surface area contributed by atoms with Crippen molar-refractivity contribution in [2.24, 2.45) is 0 Å². The van der Waals surface area contributed by atoms with Gasteiger partial charge in [-0.2, -0.15) is 5.26 Å². The third-order valence-electron chi connectivity index (χ3n) is 7.17. The molecule has 2 aromatic heterocycles. The van der Waals surface area contributed by atoms with E-state index in [-0.39, 0.29) is 22.8 Å². The van der Waals surface area contributed by atoms with Gasteiger partial charge >= 0.3 is 0 Å². The molecule has 6 rings (SSSR count). The molecule has 2 bridgehead atoms. The molecule has 0 unspecified atom stereocenters. The van der Waals surface area contributed by atoms with Crippen LogP contribution in [0.3, 0.4) is 0 Å². The molecule has 2 saturated heterocycles. The number of anilines is 2. The fraction of sp³-hybridized carbons (Fsp3) is 0.207. The van der Waals surface area contributed by atoms with Crippen LogP contribution in [0.2, 0.25) is 0 Å². The molecular formula is C29H24FN7O2. The van der Waals surface area contributed by atoms with Crippen molar-refractivity contribution in [2.45, 2.75) is 18.5 Å². The largest absolute Gasteiger partial charge is 0.496 e. The molecule has 2 aromatic carbocycles. The number of amides is 1. The highest BCUT2D eigenvalue weighted by molar-refractivity contribution is 6.05. The Hall–Kier alpha value is -4.88. The molecule has 4 heterocycles. The van der Waals surface area contributed by atoms with Gasteiger partial charge in [0.1, 0.15) is 17.3 Å². The normalized spacial score (nSPS) is 17.6. The molecule has 2 fully saturated rings. The van der Waals surface area contributed by atoms with E-state index in [2.05, 4.69) is 36.6 Å². The number of nitriles is 1. The van der Waals surface area contributed by atoms with Gasteiger partial charge in [0.2, 0.25) is 0 Å². The lowest BCUT2D eigenvalue weighted by atomic mass is 10.0. The Morgan fingerprint density at radius 2 is 2.13 bits per heavy atom. The molecule has 0 spiro atoms. The summed E-state index contributed by atoms with van der Waals surface area (Å²) in [7, 11) is 1.44. The molecule has 9 nitrogen and oxygen atoms in total. The zero-order valence-electron chi connectivity index (χ0n) is 21.1. The Bertz CT molecular complexity index is 1620. The highest BCUT2D eigenvalue weighted by Gasteiger charge is 2.38. The average Bonchev–Trinajstić information content (AvgIpc) is 3.61. The molecule has 0 saturated carbocycles. The first-order valence-corrected chi connectivity index (χ1v) is 12.5. The number of ether oxygens (including phenoxy) is 1. The monoisotopic (exact) mass is 521 g/mol. The predicted octanol–water partition coefficient (Wildman–Crippen LogP) is 4.03. The second-order valence-corrected chi connectivity index (χ2v) is 9.45. The van der Waals surface area contributed by atoms with Gasteiger partial charge in [-0.15, -0.1) is 0 Å². The minimum Gasteiger partial charge on any atom is -0.496 e. The Balaban J connectivity index is 1.36. The van der Waals surface area contributed by atoms with Gasteiger partial charge in [0.25, 0.3) is 5.91 Å². The first-order chi connectivity index (χ1) is 19.1. The number of nitrogens with one attached hydrogen (secondary N) is 2. The Kier molecular flexibility index (Phi) is 6.34. The fourth-order valence-electron chi connectivity index (χ4n) is 5.30. The zero-order chi connectivity index (χ0) is 26.9. The van der Waals surface area contributed by atoms with Gasteiger partial charge in [-0.3, -0.25) is 9.78 Å². The van der Waals surface area contributed by atoms with Crippen LogP contribution < -0.4 is 20.3 Å². The number of hydrogen-bond donors (Lipinski definition) is 2. The number of rotatable bonds is 6. The first-order valence-electron chi connectivity index (χ1n) is 12.5. The van der Waals surface area contributed by atoms with E-state index < -0.39 is 11.7 Å². The van der Waals surface area contributed by atoms with Crippen LogP contribution >= 0.6 is 0 Å². The van der Waals surface area contributed by atoms with E-state index in [1.807, 2.05) is 18.2 Å². The van der Waals surface area contributed by atoms with E-state index >= 15 is 0 Å². The van der Waals surface area contributed by atoms with Crippen LogP contribution in [0.5, 0.6) is 5.75 Å². The summed E-state index contributed by atoms with van der Waals surface area (Å²) in [6, 6.07) is 16.2. The number of aromatic nitrogens is 3. The molecule has 2 N–H and O–H groups in total. The Morgan fingerprint density at radius 1 is 1.23 bits per heavy atom. The SMILES string of the molecule is COc1cccc(F)c1-c1nccc(C(=O)Nc2ccc(-c3cnccc3C#N)cc2N2C[C@@H]3C[C@H]2CN3)n1. The van der Waals surface area contributed by atoms with Gasteiger partial charge in [0.05, 0.1) is 35.7 Å². The molecular weight excluding hydrogens is 497 g/mol. The Labute approximate surface area is 224 Å². The summed E-state index contributed by atoms with van der Waals surface area (Å²) in [4.78, 5) is 28.4. The number of halogens is 1. The lowest BCUT2D eigenvalue weighted by Gasteiger charge is -2.31. The topological polar surface area (TPSA) is 116 Å².